The number of benzene rings is 1. The van der Waals surface area contributed by atoms with Crippen LogP contribution in [0.15, 0.2) is 12.1 Å². The molecule has 0 unspecified atom stereocenters. The first-order valence-corrected chi connectivity index (χ1v) is 9.81. The van der Waals surface area contributed by atoms with Crippen molar-refractivity contribution in [1.29, 1.82) is 0 Å². The third-order valence-electron chi connectivity index (χ3n) is 4.53. The summed E-state index contributed by atoms with van der Waals surface area (Å²) in [5.41, 5.74) is 1.06. The third-order valence-corrected chi connectivity index (χ3v) is 7.61. The van der Waals surface area contributed by atoms with Crippen molar-refractivity contribution in [1.82, 2.24) is 4.90 Å². The van der Waals surface area contributed by atoms with Crippen LogP contribution < -0.4 is 14.8 Å². The van der Waals surface area contributed by atoms with Crippen molar-refractivity contribution in [3.05, 3.63) is 17.7 Å². The Morgan fingerprint density at radius 1 is 1.10 bits per heavy atom. The molecular formula is C16H24NO3P. The van der Waals surface area contributed by atoms with Crippen LogP contribution in [0.25, 0.3) is 0 Å². The van der Waals surface area contributed by atoms with E-state index in [4.69, 9.17) is 9.47 Å². The molecule has 1 fully saturated rings. The van der Waals surface area contributed by atoms with Crippen LogP contribution in [0, 0.1) is 6.92 Å². The van der Waals surface area contributed by atoms with Crippen molar-refractivity contribution in [2.24, 2.45) is 0 Å². The molecule has 0 N–H and O–H groups in total. The van der Waals surface area contributed by atoms with E-state index in [2.05, 4.69) is 18.7 Å². The van der Waals surface area contributed by atoms with Gasteiger partial charge in [-0.1, -0.05) is 6.07 Å². The molecule has 0 aromatic heterocycles. The van der Waals surface area contributed by atoms with E-state index in [1.165, 1.54) is 0 Å². The SMILES string of the molecule is Cc1ccc(P2(=O)CCN(C(C)C)CC2)c2c1OCCO2. The van der Waals surface area contributed by atoms with Gasteiger partial charge in [0.1, 0.15) is 20.4 Å². The van der Waals surface area contributed by atoms with E-state index < -0.39 is 7.14 Å². The highest BCUT2D eigenvalue weighted by molar-refractivity contribution is 7.71. The number of hydrogen-bond acceptors (Lipinski definition) is 4. The van der Waals surface area contributed by atoms with Gasteiger partial charge in [-0.05, 0) is 32.4 Å². The summed E-state index contributed by atoms with van der Waals surface area (Å²) in [6.07, 6.45) is 1.48. The van der Waals surface area contributed by atoms with Crippen molar-refractivity contribution in [2.75, 3.05) is 38.6 Å². The van der Waals surface area contributed by atoms with Crippen LogP contribution in [-0.4, -0.2) is 49.6 Å². The van der Waals surface area contributed by atoms with E-state index in [1.54, 1.807) is 0 Å². The normalized spacial score (nSPS) is 21.5. The lowest BCUT2D eigenvalue weighted by Crippen LogP contribution is -2.41. The maximum atomic E-state index is 13.4. The standard InChI is InChI=1S/C16H24NO3P/c1-12(2)17-6-10-21(18,11-7-17)14-5-4-13(3)15-16(14)20-9-8-19-15/h4-5,12H,6-11H2,1-3H3. The molecule has 116 valence electrons. The molecule has 0 atom stereocenters. The maximum absolute atomic E-state index is 13.4. The second-order valence-electron chi connectivity index (χ2n) is 6.22. The number of rotatable bonds is 2. The minimum absolute atomic E-state index is 0.519. The monoisotopic (exact) mass is 309 g/mol. The first-order valence-electron chi connectivity index (χ1n) is 7.73. The van der Waals surface area contributed by atoms with E-state index in [0.717, 1.165) is 47.8 Å². The highest BCUT2D eigenvalue weighted by Gasteiger charge is 2.35. The van der Waals surface area contributed by atoms with Crippen LogP contribution in [0.5, 0.6) is 11.5 Å². The van der Waals surface area contributed by atoms with Gasteiger partial charge >= 0.3 is 0 Å². The summed E-state index contributed by atoms with van der Waals surface area (Å²) in [6.45, 7) is 9.32. The van der Waals surface area contributed by atoms with Gasteiger partial charge < -0.3 is 14.0 Å². The van der Waals surface area contributed by atoms with Crippen molar-refractivity contribution < 1.29 is 14.0 Å². The molecule has 1 aromatic rings. The van der Waals surface area contributed by atoms with Gasteiger partial charge in [0.15, 0.2) is 11.5 Å². The van der Waals surface area contributed by atoms with Crippen molar-refractivity contribution >= 4 is 12.4 Å². The number of hydrogen-bond donors (Lipinski definition) is 0. The Labute approximate surface area is 126 Å². The van der Waals surface area contributed by atoms with Crippen molar-refractivity contribution in [3.8, 4) is 11.5 Å². The Balaban J connectivity index is 1.92. The van der Waals surface area contributed by atoms with E-state index in [-0.39, 0.29) is 0 Å². The van der Waals surface area contributed by atoms with Gasteiger partial charge in [-0.2, -0.15) is 0 Å². The van der Waals surface area contributed by atoms with Crippen molar-refractivity contribution in [2.45, 2.75) is 26.8 Å². The Morgan fingerprint density at radius 2 is 1.71 bits per heavy atom. The average Bonchev–Trinajstić information content (AvgIpc) is 2.48. The number of nitrogens with zero attached hydrogens (tertiary/aromatic N) is 1. The quantitative estimate of drug-likeness (QED) is 0.787. The summed E-state index contributed by atoms with van der Waals surface area (Å²) in [5.74, 6) is 1.53. The first-order chi connectivity index (χ1) is 10.0. The molecule has 5 heteroatoms. The Bertz CT molecular complexity index is 573. The lowest BCUT2D eigenvalue weighted by Gasteiger charge is -2.36. The smallest absolute Gasteiger partial charge is 0.172 e. The Hall–Kier alpha value is -0.990. The van der Waals surface area contributed by atoms with E-state index in [9.17, 15) is 4.57 Å². The molecule has 2 aliphatic heterocycles. The molecule has 0 radical (unpaired) electrons. The van der Waals surface area contributed by atoms with Crippen LogP contribution in [0.1, 0.15) is 19.4 Å². The zero-order valence-electron chi connectivity index (χ0n) is 13.1. The molecule has 1 aromatic carbocycles. The highest BCUT2D eigenvalue weighted by atomic mass is 31.2. The predicted octanol–water partition coefficient (Wildman–Crippen LogP) is 2.48. The fourth-order valence-electron chi connectivity index (χ4n) is 3.14. The molecule has 0 amide bonds. The Kier molecular flexibility index (Phi) is 4.02. The number of aryl methyl sites for hydroxylation is 1. The molecule has 2 aliphatic rings. The Morgan fingerprint density at radius 3 is 2.33 bits per heavy atom. The molecule has 0 aliphatic carbocycles. The van der Waals surface area contributed by atoms with E-state index >= 15 is 0 Å². The molecule has 0 bridgehead atoms. The second kappa shape index (κ2) is 5.66. The molecular weight excluding hydrogens is 285 g/mol. The maximum Gasteiger partial charge on any atom is 0.172 e. The summed E-state index contributed by atoms with van der Waals surface area (Å²) in [5, 5.41) is 0.895. The van der Waals surface area contributed by atoms with Gasteiger partial charge in [0.05, 0.1) is 5.30 Å². The van der Waals surface area contributed by atoms with Gasteiger partial charge in [-0.15, -0.1) is 0 Å². The fraction of sp³-hybridized carbons (Fsp3) is 0.625. The predicted molar refractivity (Wildman–Crippen MR) is 85.9 cm³/mol. The zero-order chi connectivity index (χ0) is 15.0. The molecule has 0 saturated carbocycles. The molecule has 2 heterocycles. The molecule has 21 heavy (non-hydrogen) atoms. The summed E-state index contributed by atoms with van der Waals surface area (Å²) in [6, 6.07) is 4.52. The van der Waals surface area contributed by atoms with Crippen LogP contribution in [0.4, 0.5) is 0 Å². The van der Waals surface area contributed by atoms with Crippen LogP contribution in [0.2, 0.25) is 0 Å². The highest BCUT2D eigenvalue weighted by Crippen LogP contribution is 2.51. The van der Waals surface area contributed by atoms with Crippen molar-refractivity contribution in [3.63, 3.8) is 0 Å². The van der Waals surface area contributed by atoms with E-state index in [0.29, 0.717) is 19.3 Å². The van der Waals surface area contributed by atoms with Gasteiger partial charge in [0, 0.05) is 31.5 Å². The summed E-state index contributed by atoms with van der Waals surface area (Å²) >= 11 is 0. The van der Waals surface area contributed by atoms with Gasteiger partial charge in [0.2, 0.25) is 0 Å². The molecule has 1 saturated heterocycles. The lowest BCUT2D eigenvalue weighted by atomic mass is 10.2. The minimum Gasteiger partial charge on any atom is -0.486 e. The summed E-state index contributed by atoms with van der Waals surface area (Å²) < 4.78 is 25.0. The minimum atomic E-state index is -2.37. The molecule has 4 nitrogen and oxygen atoms in total. The van der Waals surface area contributed by atoms with Crippen LogP contribution in [0.3, 0.4) is 0 Å². The molecule has 0 spiro atoms. The fourth-order valence-corrected chi connectivity index (χ4v) is 5.89. The van der Waals surface area contributed by atoms with Crippen LogP contribution in [-0.2, 0) is 4.57 Å². The van der Waals surface area contributed by atoms with E-state index in [1.807, 2.05) is 19.1 Å². The lowest BCUT2D eigenvalue weighted by molar-refractivity contribution is 0.172. The van der Waals surface area contributed by atoms with Gasteiger partial charge in [0.25, 0.3) is 0 Å². The van der Waals surface area contributed by atoms with Gasteiger partial charge in [-0.25, -0.2) is 0 Å². The van der Waals surface area contributed by atoms with Gasteiger partial charge in [-0.3, -0.25) is 4.90 Å². The largest absolute Gasteiger partial charge is 0.486 e. The molecule has 3 rings (SSSR count). The zero-order valence-corrected chi connectivity index (χ0v) is 14.0. The van der Waals surface area contributed by atoms with Crippen LogP contribution >= 0.6 is 7.14 Å². The number of fused-ring (bicyclic) bond motifs is 1. The second-order valence-corrected chi connectivity index (χ2v) is 9.38. The summed E-state index contributed by atoms with van der Waals surface area (Å²) in [4.78, 5) is 2.40. The average molecular weight is 309 g/mol. The summed E-state index contributed by atoms with van der Waals surface area (Å²) in [7, 11) is -2.37. The number of ether oxygens (including phenoxy) is 2. The topological polar surface area (TPSA) is 38.8 Å². The third kappa shape index (κ3) is 2.72. The first kappa shape index (κ1) is 14.9.